The second kappa shape index (κ2) is 6.76. The predicted octanol–water partition coefficient (Wildman–Crippen LogP) is -0.760. The second-order valence-electron chi connectivity index (χ2n) is 2.97. The Morgan fingerprint density at radius 1 is 1.47 bits per heavy atom. The van der Waals surface area contributed by atoms with E-state index >= 15 is 0 Å². The first-order valence-electron chi connectivity index (χ1n) is 4.71. The normalized spacial score (nSPS) is 13.5. The molecule has 0 aliphatic carbocycles. The molecule has 1 atom stereocenters. The van der Waals surface area contributed by atoms with Crippen LogP contribution in [0.15, 0.2) is 0 Å². The first kappa shape index (κ1) is 14.3. The standard InChI is InChI=1S/C8H17NO5S/c1-3-7(5-10)9-15(12,13)6-8(11)14-4-2/h7,9-10H,3-6H2,1-2H3. The predicted molar refractivity (Wildman–Crippen MR) is 54.7 cm³/mol. The molecule has 0 aromatic rings. The first-order chi connectivity index (χ1) is 6.95. The van der Waals surface area contributed by atoms with Gasteiger partial charge in [0.2, 0.25) is 10.0 Å². The van der Waals surface area contributed by atoms with Gasteiger partial charge in [0, 0.05) is 6.04 Å². The fraction of sp³-hybridized carbons (Fsp3) is 0.875. The fourth-order valence-electron chi connectivity index (χ4n) is 0.903. The minimum Gasteiger partial charge on any atom is -0.465 e. The zero-order chi connectivity index (χ0) is 11.9. The lowest BCUT2D eigenvalue weighted by Gasteiger charge is -2.13. The molecule has 0 amide bonds. The lowest BCUT2D eigenvalue weighted by molar-refractivity contribution is -0.139. The number of esters is 1. The molecule has 7 heteroatoms. The van der Waals surface area contributed by atoms with Gasteiger partial charge in [0.15, 0.2) is 5.75 Å². The Morgan fingerprint density at radius 2 is 2.07 bits per heavy atom. The molecule has 0 aliphatic heterocycles. The maximum Gasteiger partial charge on any atom is 0.322 e. The van der Waals surface area contributed by atoms with Crippen LogP contribution in [0.5, 0.6) is 0 Å². The minimum atomic E-state index is -3.71. The maximum atomic E-state index is 11.3. The minimum absolute atomic E-state index is 0.144. The van der Waals surface area contributed by atoms with Gasteiger partial charge >= 0.3 is 5.97 Å². The molecule has 15 heavy (non-hydrogen) atoms. The summed E-state index contributed by atoms with van der Waals surface area (Å²) in [6, 6.07) is -0.551. The van der Waals surface area contributed by atoms with Gasteiger partial charge in [-0.1, -0.05) is 6.92 Å². The van der Waals surface area contributed by atoms with Crippen LogP contribution in [0.2, 0.25) is 0 Å². The van der Waals surface area contributed by atoms with Crippen LogP contribution >= 0.6 is 0 Å². The molecule has 0 aromatic heterocycles. The van der Waals surface area contributed by atoms with E-state index in [1.54, 1.807) is 13.8 Å². The number of hydrogen-bond acceptors (Lipinski definition) is 5. The van der Waals surface area contributed by atoms with Crippen molar-refractivity contribution >= 4 is 16.0 Å². The molecule has 0 bridgehead atoms. The first-order valence-corrected chi connectivity index (χ1v) is 6.36. The van der Waals surface area contributed by atoms with Gasteiger partial charge in [0.05, 0.1) is 13.2 Å². The third kappa shape index (κ3) is 6.43. The summed E-state index contributed by atoms with van der Waals surface area (Å²) in [5.41, 5.74) is 0. The molecule has 90 valence electrons. The van der Waals surface area contributed by atoms with Crippen molar-refractivity contribution in [3.05, 3.63) is 0 Å². The summed E-state index contributed by atoms with van der Waals surface area (Å²) in [6.07, 6.45) is 0.457. The molecular weight excluding hydrogens is 222 g/mol. The number of carbonyl (C=O) groups excluding carboxylic acids is 1. The van der Waals surface area contributed by atoms with Crippen LogP contribution < -0.4 is 4.72 Å². The van der Waals surface area contributed by atoms with Crippen molar-refractivity contribution in [1.29, 1.82) is 0 Å². The van der Waals surface area contributed by atoms with Crippen molar-refractivity contribution in [2.45, 2.75) is 26.3 Å². The molecule has 2 N–H and O–H groups in total. The quantitative estimate of drug-likeness (QED) is 0.570. The van der Waals surface area contributed by atoms with Gasteiger partial charge in [0.25, 0.3) is 0 Å². The van der Waals surface area contributed by atoms with Crippen molar-refractivity contribution in [1.82, 2.24) is 4.72 Å². The van der Waals surface area contributed by atoms with Crippen LogP contribution in [-0.2, 0) is 19.6 Å². The Labute approximate surface area is 89.7 Å². The average molecular weight is 239 g/mol. The topological polar surface area (TPSA) is 92.7 Å². The summed E-state index contributed by atoms with van der Waals surface area (Å²) in [4.78, 5) is 10.9. The van der Waals surface area contributed by atoms with Crippen molar-refractivity contribution in [2.75, 3.05) is 19.0 Å². The lowest BCUT2D eigenvalue weighted by Crippen LogP contribution is -2.40. The van der Waals surface area contributed by atoms with Gasteiger partial charge in [-0.2, -0.15) is 0 Å². The van der Waals surface area contributed by atoms with E-state index < -0.39 is 27.8 Å². The Hall–Kier alpha value is -0.660. The number of carbonyl (C=O) groups is 1. The number of nitrogens with one attached hydrogen (secondary N) is 1. The molecular formula is C8H17NO5S. The van der Waals surface area contributed by atoms with Crippen molar-refractivity contribution in [2.24, 2.45) is 0 Å². The summed E-state index contributed by atoms with van der Waals surface area (Å²) in [5.74, 6) is -1.50. The highest BCUT2D eigenvalue weighted by Gasteiger charge is 2.20. The Kier molecular flexibility index (Phi) is 6.46. The molecule has 1 unspecified atom stereocenters. The molecule has 0 radical (unpaired) electrons. The van der Waals surface area contributed by atoms with Crippen LogP contribution in [0.25, 0.3) is 0 Å². The van der Waals surface area contributed by atoms with E-state index in [0.717, 1.165) is 0 Å². The summed E-state index contributed by atoms with van der Waals surface area (Å²) >= 11 is 0. The Morgan fingerprint density at radius 3 is 2.47 bits per heavy atom. The van der Waals surface area contributed by atoms with Crippen molar-refractivity contribution in [3.8, 4) is 0 Å². The van der Waals surface area contributed by atoms with E-state index in [0.29, 0.717) is 6.42 Å². The average Bonchev–Trinajstić information content (AvgIpc) is 2.13. The molecule has 0 saturated heterocycles. The zero-order valence-electron chi connectivity index (χ0n) is 8.89. The largest absolute Gasteiger partial charge is 0.465 e. The molecule has 0 aliphatic rings. The van der Waals surface area contributed by atoms with Gasteiger partial charge < -0.3 is 9.84 Å². The number of ether oxygens (including phenoxy) is 1. The summed E-state index contributed by atoms with van der Waals surface area (Å²) in [5, 5.41) is 8.78. The fourth-order valence-corrected chi connectivity index (χ4v) is 2.13. The van der Waals surface area contributed by atoms with Gasteiger partial charge in [-0.25, -0.2) is 13.1 Å². The third-order valence-electron chi connectivity index (χ3n) is 1.67. The monoisotopic (exact) mass is 239 g/mol. The number of rotatable bonds is 7. The second-order valence-corrected chi connectivity index (χ2v) is 4.72. The number of hydrogen-bond donors (Lipinski definition) is 2. The van der Waals surface area contributed by atoms with Gasteiger partial charge in [-0.15, -0.1) is 0 Å². The SMILES string of the molecule is CCOC(=O)CS(=O)(=O)NC(CC)CO. The molecule has 0 saturated carbocycles. The highest BCUT2D eigenvalue weighted by atomic mass is 32.2. The van der Waals surface area contributed by atoms with Crippen LogP contribution in [-0.4, -0.2) is 44.5 Å². The molecule has 0 spiro atoms. The highest BCUT2D eigenvalue weighted by Crippen LogP contribution is 1.95. The van der Waals surface area contributed by atoms with Crippen LogP contribution in [0.1, 0.15) is 20.3 Å². The molecule has 0 heterocycles. The smallest absolute Gasteiger partial charge is 0.322 e. The van der Waals surface area contributed by atoms with Crippen molar-refractivity contribution < 1.29 is 23.1 Å². The van der Waals surface area contributed by atoms with Crippen LogP contribution in [0, 0.1) is 0 Å². The van der Waals surface area contributed by atoms with E-state index in [1.807, 2.05) is 0 Å². The third-order valence-corrected chi connectivity index (χ3v) is 2.98. The number of sulfonamides is 1. The van der Waals surface area contributed by atoms with Crippen LogP contribution in [0.4, 0.5) is 0 Å². The van der Waals surface area contributed by atoms with E-state index in [2.05, 4.69) is 9.46 Å². The van der Waals surface area contributed by atoms with Gasteiger partial charge in [0.1, 0.15) is 0 Å². The molecule has 0 aromatic carbocycles. The van der Waals surface area contributed by atoms with Gasteiger partial charge in [-0.3, -0.25) is 4.79 Å². The Bertz CT molecular complexity index is 283. The molecule has 0 rings (SSSR count). The van der Waals surface area contributed by atoms with E-state index in [1.165, 1.54) is 0 Å². The number of aliphatic hydroxyl groups is 1. The molecule has 6 nitrogen and oxygen atoms in total. The highest BCUT2D eigenvalue weighted by molar-refractivity contribution is 7.90. The molecule has 0 fully saturated rings. The Balaban J connectivity index is 4.24. The lowest BCUT2D eigenvalue weighted by atomic mass is 10.3. The zero-order valence-corrected chi connectivity index (χ0v) is 9.71. The van der Waals surface area contributed by atoms with Crippen molar-refractivity contribution in [3.63, 3.8) is 0 Å². The maximum absolute atomic E-state index is 11.3. The van der Waals surface area contributed by atoms with E-state index in [4.69, 9.17) is 5.11 Å². The van der Waals surface area contributed by atoms with E-state index in [9.17, 15) is 13.2 Å². The number of aliphatic hydroxyl groups excluding tert-OH is 1. The summed E-state index contributed by atoms with van der Waals surface area (Å²) < 4.78 is 29.4. The summed E-state index contributed by atoms with van der Waals surface area (Å²) in [7, 11) is -3.71. The summed E-state index contributed by atoms with van der Waals surface area (Å²) in [6.45, 7) is 3.18. The van der Waals surface area contributed by atoms with Gasteiger partial charge in [-0.05, 0) is 13.3 Å². The van der Waals surface area contributed by atoms with Crippen LogP contribution in [0.3, 0.4) is 0 Å². The van der Waals surface area contributed by atoms with E-state index in [-0.39, 0.29) is 13.2 Å².